The second-order valence-corrected chi connectivity index (χ2v) is 5.47. The smallest absolute Gasteiger partial charge is 0.205 e. The number of hydrogen-bond acceptors (Lipinski definition) is 3. The van der Waals surface area contributed by atoms with Crippen molar-refractivity contribution in [3.63, 3.8) is 0 Å². The summed E-state index contributed by atoms with van der Waals surface area (Å²) in [4.78, 5) is 25.2. The number of carbonyl (C=O) groups is 2. The molecule has 0 atom stereocenters. The van der Waals surface area contributed by atoms with Gasteiger partial charge in [-0.25, -0.2) is 0 Å². The van der Waals surface area contributed by atoms with E-state index in [0.717, 1.165) is 5.56 Å². The first-order valence-electron chi connectivity index (χ1n) is 6.77. The Bertz CT molecular complexity index is 834. The van der Waals surface area contributed by atoms with Crippen molar-refractivity contribution >= 4 is 28.7 Å². The highest BCUT2D eigenvalue weighted by molar-refractivity contribution is 6.56. The van der Waals surface area contributed by atoms with Crippen LogP contribution in [-0.4, -0.2) is 18.7 Å². The van der Waals surface area contributed by atoms with Gasteiger partial charge in [0.05, 0.1) is 12.7 Å². The fourth-order valence-corrected chi connectivity index (χ4v) is 2.88. The van der Waals surface area contributed by atoms with Crippen LogP contribution in [0.5, 0.6) is 5.75 Å². The van der Waals surface area contributed by atoms with Crippen LogP contribution in [0.15, 0.2) is 47.5 Å². The Hall–Kier alpha value is -2.39. The van der Waals surface area contributed by atoms with Gasteiger partial charge in [0, 0.05) is 16.7 Å². The lowest BCUT2D eigenvalue weighted by Gasteiger charge is -2.19. The number of ether oxygens (including phenoxy) is 1. The number of fused-ring (bicyclic) bond motifs is 1. The second kappa shape index (κ2) is 5.43. The zero-order chi connectivity index (χ0) is 15.9. The van der Waals surface area contributed by atoms with Crippen molar-refractivity contribution in [1.82, 2.24) is 0 Å². The van der Waals surface area contributed by atoms with E-state index in [4.69, 9.17) is 16.3 Å². The van der Waals surface area contributed by atoms with E-state index in [9.17, 15) is 9.59 Å². The van der Waals surface area contributed by atoms with Crippen LogP contribution in [0.1, 0.15) is 31.8 Å². The van der Waals surface area contributed by atoms with Gasteiger partial charge in [-0.15, -0.1) is 0 Å². The molecule has 1 aliphatic rings. The fourth-order valence-electron chi connectivity index (χ4n) is 2.59. The first-order valence-corrected chi connectivity index (χ1v) is 7.15. The number of rotatable bonds is 2. The molecule has 4 heteroatoms. The lowest BCUT2D eigenvalue weighted by Crippen LogP contribution is -2.19. The maximum Gasteiger partial charge on any atom is 0.205 e. The van der Waals surface area contributed by atoms with Crippen molar-refractivity contribution in [2.75, 3.05) is 7.11 Å². The van der Waals surface area contributed by atoms with Crippen molar-refractivity contribution in [2.24, 2.45) is 0 Å². The van der Waals surface area contributed by atoms with Crippen molar-refractivity contribution in [3.8, 4) is 5.75 Å². The highest BCUT2D eigenvalue weighted by Gasteiger charge is 2.33. The van der Waals surface area contributed by atoms with Crippen LogP contribution in [-0.2, 0) is 0 Å². The standard InChI is InChI=1S/C18H13ClO3/c1-10-7-8-13(14(9-10)22-2)15-16(19)18(21)12-6-4-3-5-11(12)17(15)20/h3-9H,1-2H3. The van der Waals surface area contributed by atoms with E-state index in [-0.39, 0.29) is 22.2 Å². The summed E-state index contributed by atoms with van der Waals surface area (Å²) in [5.74, 6) is -0.0782. The molecule has 0 bridgehead atoms. The Morgan fingerprint density at radius 2 is 1.55 bits per heavy atom. The number of Topliss-reactive ketones (excluding diaryl/α,β-unsaturated/α-hetero) is 2. The maximum atomic E-state index is 12.8. The Morgan fingerprint density at radius 1 is 0.909 bits per heavy atom. The van der Waals surface area contributed by atoms with Gasteiger partial charge >= 0.3 is 0 Å². The molecule has 0 spiro atoms. The van der Waals surface area contributed by atoms with E-state index in [0.29, 0.717) is 22.4 Å². The SMILES string of the molecule is COc1cc(C)ccc1C1=C(Cl)C(=O)c2ccccc2C1=O. The van der Waals surface area contributed by atoms with Gasteiger partial charge < -0.3 is 4.74 Å². The summed E-state index contributed by atoms with van der Waals surface area (Å²) >= 11 is 6.21. The van der Waals surface area contributed by atoms with Crippen LogP contribution in [0, 0.1) is 6.92 Å². The number of methoxy groups -OCH3 is 1. The molecule has 0 heterocycles. The first kappa shape index (κ1) is 14.5. The Morgan fingerprint density at radius 3 is 2.18 bits per heavy atom. The largest absolute Gasteiger partial charge is 0.496 e. The third kappa shape index (κ3) is 2.14. The summed E-state index contributed by atoms with van der Waals surface area (Å²) in [7, 11) is 1.52. The minimum absolute atomic E-state index is 0.0640. The number of aryl methyl sites for hydroxylation is 1. The summed E-state index contributed by atoms with van der Waals surface area (Å²) in [6.07, 6.45) is 0. The van der Waals surface area contributed by atoms with E-state index in [1.165, 1.54) is 7.11 Å². The number of halogens is 1. The molecule has 0 amide bonds. The lowest BCUT2D eigenvalue weighted by molar-refractivity contribution is 0.0998. The van der Waals surface area contributed by atoms with Crippen molar-refractivity contribution in [2.45, 2.75) is 6.92 Å². The predicted molar refractivity (Wildman–Crippen MR) is 85.6 cm³/mol. The molecule has 0 saturated heterocycles. The normalized spacial score (nSPS) is 14.1. The van der Waals surface area contributed by atoms with E-state index >= 15 is 0 Å². The number of benzene rings is 2. The molecule has 0 unspecified atom stereocenters. The minimum Gasteiger partial charge on any atom is -0.496 e. The van der Waals surface area contributed by atoms with Crippen LogP contribution in [0.3, 0.4) is 0 Å². The van der Waals surface area contributed by atoms with Gasteiger partial charge in [-0.3, -0.25) is 9.59 Å². The van der Waals surface area contributed by atoms with E-state index in [2.05, 4.69) is 0 Å². The number of carbonyl (C=O) groups excluding carboxylic acids is 2. The molecule has 2 aromatic rings. The highest BCUT2D eigenvalue weighted by atomic mass is 35.5. The zero-order valence-electron chi connectivity index (χ0n) is 12.1. The van der Waals surface area contributed by atoms with Gasteiger partial charge in [0.15, 0.2) is 5.78 Å². The third-order valence-corrected chi connectivity index (χ3v) is 4.05. The number of allylic oxidation sites excluding steroid dienone is 2. The first-order chi connectivity index (χ1) is 10.5. The molecule has 0 aliphatic heterocycles. The second-order valence-electron chi connectivity index (χ2n) is 5.10. The molecule has 1 aliphatic carbocycles. The molecule has 3 rings (SSSR count). The molecule has 0 N–H and O–H groups in total. The molecule has 0 saturated carbocycles. The third-order valence-electron chi connectivity index (χ3n) is 3.69. The predicted octanol–water partition coefficient (Wildman–Crippen LogP) is 4.03. The van der Waals surface area contributed by atoms with E-state index < -0.39 is 0 Å². The Labute approximate surface area is 133 Å². The van der Waals surface area contributed by atoms with Gasteiger partial charge in [0.2, 0.25) is 5.78 Å². The minimum atomic E-state index is -0.338. The average molecular weight is 313 g/mol. The summed E-state index contributed by atoms with van der Waals surface area (Å²) < 4.78 is 5.34. The summed E-state index contributed by atoms with van der Waals surface area (Å²) in [6, 6.07) is 12.1. The van der Waals surface area contributed by atoms with Gasteiger partial charge in [-0.2, -0.15) is 0 Å². The summed E-state index contributed by atoms with van der Waals surface area (Å²) in [6.45, 7) is 1.92. The molecule has 2 aromatic carbocycles. The van der Waals surface area contributed by atoms with Crippen LogP contribution in [0.4, 0.5) is 0 Å². The molecule has 0 radical (unpaired) electrons. The molecular formula is C18H13ClO3. The van der Waals surface area contributed by atoms with Crippen molar-refractivity contribution in [3.05, 3.63) is 69.8 Å². The number of hydrogen-bond donors (Lipinski definition) is 0. The van der Waals surface area contributed by atoms with E-state index in [1.807, 2.05) is 19.1 Å². The van der Waals surface area contributed by atoms with Crippen LogP contribution in [0.2, 0.25) is 0 Å². The van der Waals surface area contributed by atoms with Gasteiger partial charge in [0.1, 0.15) is 10.8 Å². The lowest BCUT2D eigenvalue weighted by atomic mass is 9.85. The van der Waals surface area contributed by atoms with Gasteiger partial charge in [-0.1, -0.05) is 48.0 Å². The molecule has 22 heavy (non-hydrogen) atoms. The molecule has 0 aromatic heterocycles. The maximum absolute atomic E-state index is 12.8. The summed E-state index contributed by atoms with van der Waals surface area (Å²) in [5, 5.41) is -0.0640. The Balaban J connectivity index is 2.26. The van der Waals surface area contributed by atoms with Crippen LogP contribution < -0.4 is 4.74 Å². The topological polar surface area (TPSA) is 43.4 Å². The van der Waals surface area contributed by atoms with Crippen LogP contribution >= 0.6 is 11.6 Å². The average Bonchev–Trinajstić information content (AvgIpc) is 2.54. The molecule has 0 fully saturated rings. The van der Waals surface area contributed by atoms with Gasteiger partial charge in [0.25, 0.3) is 0 Å². The monoisotopic (exact) mass is 312 g/mol. The van der Waals surface area contributed by atoms with Gasteiger partial charge in [-0.05, 0) is 18.6 Å². The zero-order valence-corrected chi connectivity index (χ0v) is 12.9. The quantitative estimate of drug-likeness (QED) is 0.840. The number of ketones is 2. The summed E-state index contributed by atoms with van der Waals surface area (Å²) in [5.41, 5.74) is 2.43. The fraction of sp³-hybridized carbons (Fsp3) is 0.111. The highest BCUT2D eigenvalue weighted by Crippen LogP contribution is 2.38. The molecular weight excluding hydrogens is 300 g/mol. The molecule has 3 nitrogen and oxygen atoms in total. The Kier molecular flexibility index (Phi) is 3.59. The molecule has 110 valence electrons. The van der Waals surface area contributed by atoms with E-state index in [1.54, 1.807) is 30.3 Å². The van der Waals surface area contributed by atoms with Crippen molar-refractivity contribution < 1.29 is 14.3 Å². The van der Waals surface area contributed by atoms with Crippen molar-refractivity contribution in [1.29, 1.82) is 0 Å². The van der Waals surface area contributed by atoms with Crippen LogP contribution in [0.25, 0.3) is 5.57 Å².